The number of nitrogens with zero attached hydrogens (tertiary/aromatic N) is 1. The van der Waals surface area contributed by atoms with E-state index in [0.29, 0.717) is 23.1 Å². The summed E-state index contributed by atoms with van der Waals surface area (Å²) in [7, 11) is 0. The smallest absolute Gasteiger partial charge is 0.299 e. The molecule has 0 spiro atoms. The zero-order valence-electron chi connectivity index (χ0n) is 21.6. The van der Waals surface area contributed by atoms with Crippen LogP contribution in [-0.4, -0.2) is 47.6 Å². The number of likely N-dealkylation sites (tertiary alicyclic amines) is 1. The standard InChI is InChI=1S/C29H27F2N5O3S/c1-15-9-23(28(39)35-16(2)24-11-18(14-40-24)26(32)33)36(13-15)25(37)12-34-27(38)17-7-8-22-20(10-17)19-5-3-4-6-21(19)29(22,30)31/h3-8,10-11,14,16,23H,1,9,12-13H2,2H3,(H3,32,33)(H,34,38)(H,35,39)/t16-,23?/m1/s1. The summed E-state index contributed by atoms with van der Waals surface area (Å²) in [6.07, 6.45) is 0.291. The van der Waals surface area contributed by atoms with Gasteiger partial charge in [0, 0.05) is 39.1 Å². The van der Waals surface area contributed by atoms with Crippen molar-refractivity contribution >= 4 is 34.9 Å². The lowest BCUT2D eigenvalue weighted by atomic mass is 10.0. The van der Waals surface area contributed by atoms with Gasteiger partial charge in [0.15, 0.2) is 0 Å². The van der Waals surface area contributed by atoms with E-state index in [1.807, 2.05) is 0 Å². The topological polar surface area (TPSA) is 128 Å². The first-order chi connectivity index (χ1) is 19.0. The van der Waals surface area contributed by atoms with Crippen molar-refractivity contribution in [2.24, 2.45) is 5.73 Å². The molecule has 1 aliphatic heterocycles. The highest BCUT2D eigenvalue weighted by molar-refractivity contribution is 7.10. The molecule has 206 valence electrons. The third kappa shape index (κ3) is 4.88. The van der Waals surface area contributed by atoms with Gasteiger partial charge in [-0.2, -0.15) is 8.78 Å². The molecule has 2 aliphatic rings. The minimum atomic E-state index is -3.15. The number of benzene rings is 2. The average molecular weight is 564 g/mol. The summed E-state index contributed by atoms with van der Waals surface area (Å²) in [5.41, 5.74) is 7.33. The van der Waals surface area contributed by atoms with E-state index in [1.165, 1.54) is 40.5 Å². The summed E-state index contributed by atoms with van der Waals surface area (Å²) in [5, 5.41) is 14.7. The molecular formula is C29H27F2N5O3S. The van der Waals surface area contributed by atoms with E-state index < -0.39 is 23.8 Å². The molecule has 11 heteroatoms. The summed E-state index contributed by atoms with van der Waals surface area (Å²) in [6.45, 7) is 5.54. The number of amidine groups is 1. The number of nitrogens with two attached hydrogens (primary N) is 1. The maximum atomic E-state index is 14.8. The van der Waals surface area contributed by atoms with Crippen LogP contribution < -0.4 is 16.4 Å². The van der Waals surface area contributed by atoms with Gasteiger partial charge in [0.05, 0.1) is 12.6 Å². The van der Waals surface area contributed by atoms with Crippen LogP contribution in [-0.2, 0) is 15.5 Å². The van der Waals surface area contributed by atoms with Crippen molar-refractivity contribution in [3.63, 3.8) is 0 Å². The van der Waals surface area contributed by atoms with E-state index >= 15 is 0 Å². The number of rotatable bonds is 7. The maximum absolute atomic E-state index is 14.8. The number of halogens is 2. The number of thiophene rings is 1. The molecular weight excluding hydrogens is 536 g/mol. The summed E-state index contributed by atoms with van der Waals surface area (Å²) in [6, 6.07) is 10.7. The van der Waals surface area contributed by atoms with E-state index in [4.69, 9.17) is 11.1 Å². The van der Waals surface area contributed by atoms with Crippen LogP contribution in [0.25, 0.3) is 11.1 Å². The average Bonchev–Trinajstić information content (AvgIpc) is 3.63. The van der Waals surface area contributed by atoms with Gasteiger partial charge in [-0.3, -0.25) is 19.8 Å². The van der Waals surface area contributed by atoms with Gasteiger partial charge in [-0.15, -0.1) is 11.3 Å². The second-order valence-corrected chi connectivity index (χ2v) is 10.9. The molecule has 2 atom stereocenters. The van der Waals surface area contributed by atoms with E-state index in [9.17, 15) is 23.2 Å². The van der Waals surface area contributed by atoms with E-state index in [1.54, 1.807) is 36.6 Å². The number of alkyl halides is 2. The lowest BCUT2D eigenvalue weighted by Gasteiger charge is -2.25. The van der Waals surface area contributed by atoms with Gasteiger partial charge in [0.25, 0.3) is 11.8 Å². The molecule has 5 rings (SSSR count). The molecule has 40 heavy (non-hydrogen) atoms. The highest BCUT2D eigenvalue weighted by Crippen LogP contribution is 2.50. The molecule has 2 heterocycles. The Morgan fingerprint density at radius 3 is 2.60 bits per heavy atom. The quantitative estimate of drug-likeness (QED) is 0.197. The fourth-order valence-electron chi connectivity index (χ4n) is 5.08. The number of amides is 3. The molecule has 3 amide bonds. The molecule has 1 fully saturated rings. The number of fused-ring (bicyclic) bond motifs is 3. The summed E-state index contributed by atoms with van der Waals surface area (Å²) in [5.74, 6) is -4.62. The van der Waals surface area contributed by atoms with Crippen LogP contribution in [0.2, 0.25) is 0 Å². The predicted octanol–water partition coefficient (Wildman–Crippen LogP) is 3.92. The third-order valence-corrected chi connectivity index (χ3v) is 8.28. The SMILES string of the molecule is C=C1CC(C(=O)N[C@H](C)c2cc(C(=N)N)cs2)N(C(=O)CNC(=O)c2ccc3c(c2)-c2ccccc2C3(F)F)C1. The Hall–Kier alpha value is -4.38. The first-order valence-electron chi connectivity index (χ1n) is 12.6. The van der Waals surface area contributed by atoms with Crippen molar-refractivity contribution in [1.29, 1.82) is 5.41 Å². The highest BCUT2D eigenvalue weighted by atomic mass is 32.1. The second-order valence-electron chi connectivity index (χ2n) is 9.94. The normalized spacial score (nSPS) is 17.6. The Bertz CT molecular complexity index is 1570. The monoisotopic (exact) mass is 563 g/mol. The number of nitrogens with one attached hydrogen (secondary N) is 3. The first-order valence-corrected chi connectivity index (χ1v) is 13.4. The molecule has 5 N–H and O–H groups in total. The Morgan fingerprint density at radius 2 is 1.88 bits per heavy atom. The fourth-order valence-corrected chi connectivity index (χ4v) is 5.99. The highest BCUT2D eigenvalue weighted by Gasteiger charge is 2.44. The van der Waals surface area contributed by atoms with Crippen LogP contribution in [0.4, 0.5) is 8.78 Å². The molecule has 1 aromatic heterocycles. The fraction of sp³-hybridized carbons (Fsp3) is 0.241. The Balaban J connectivity index is 1.24. The maximum Gasteiger partial charge on any atom is 0.299 e. The zero-order valence-corrected chi connectivity index (χ0v) is 22.4. The number of nitrogen functional groups attached to an aromatic ring is 1. The van der Waals surface area contributed by atoms with E-state index in [-0.39, 0.29) is 53.1 Å². The Labute approximate surface area is 233 Å². The van der Waals surface area contributed by atoms with E-state index in [2.05, 4.69) is 17.2 Å². The number of hydrogen-bond acceptors (Lipinski definition) is 5. The molecule has 0 radical (unpaired) electrons. The molecule has 8 nitrogen and oxygen atoms in total. The van der Waals surface area contributed by atoms with Gasteiger partial charge in [-0.05, 0) is 42.7 Å². The first kappa shape index (κ1) is 27.2. The summed E-state index contributed by atoms with van der Waals surface area (Å²) in [4.78, 5) is 41.2. The summed E-state index contributed by atoms with van der Waals surface area (Å²) >= 11 is 1.37. The van der Waals surface area contributed by atoms with Gasteiger partial charge in [-0.1, -0.05) is 42.5 Å². The van der Waals surface area contributed by atoms with Gasteiger partial charge >= 0.3 is 0 Å². The van der Waals surface area contributed by atoms with Gasteiger partial charge in [0.2, 0.25) is 11.8 Å². The van der Waals surface area contributed by atoms with Crippen molar-refractivity contribution < 1.29 is 23.2 Å². The van der Waals surface area contributed by atoms with Gasteiger partial charge in [-0.25, -0.2) is 0 Å². The molecule has 1 saturated heterocycles. The number of hydrogen-bond donors (Lipinski definition) is 4. The second kappa shape index (κ2) is 10.3. The van der Waals surface area contributed by atoms with Crippen LogP contribution in [0, 0.1) is 5.41 Å². The third-order valence-electron chi connectivity index (χ3n) is 7.17. The number of carbonyl (C=O) groups is 3. The Kier molecular flexibility index (Phi) is 7.01. The van der Waals surface area contributed by atoms with Crippen LogP contribution in [0.15, 0.2) is 66.1 Å². The minimum Gasteiger partial charge on any atom is -0.384 e. The molecule has 2 aromatic carbocycles. The largest absolute Gasteiger partial charge is 0.384 e. The molecule has 3 aromatic rings. The predicted molar refractivity (Wildman–Crippen MR) is 148 cm³/mol. The molecule has 1 aliphatic carbocycles. The lowest BCUT2D eigenvalue weighted by Crippen LogP contribution is -2.49. The van der Waals surface area contributed by atoms with Gasteiger partial charge in [0.1, 0.15) is 11.9 Å². The van der Waals surface area contributed by atoms with Crippen molar-refractivity contribution in [2.45, 2.75) is 31.4 Å². The molecule has 1 unspecified atom stereocenters. The Morgan fingerprint density at radius 1 is 1.15 bits per heavy atom. The van der Waals surface area contributed by atoms with Crippen LogP contribution >= 0.6 is 11.3 Å². The van der Waals surface area contributed by atoms with Gasteiger partial charge < -0.3 is 21.3 Å². The number of carbonyl (C=O) groups excluding carboxylic acids is 3. The zero-order chi connectivity index (χ0) is 28.8. The summed E-state index contributed by atoms with van der Waals surface area (Å²) < 4.78 is 29.7. The van der Waals surface area contributed by atoms with E-state index in [0.717, 1.165) is 4.88 Å². The minimum absolute atomic E-state index is 0.0606. The molecule has 0 saturated carbocycles. The van der Waals surface area contributed by atoms with Crippen molar-refractivity contribution in [1.82, 2.24) is 15.5 Å². The van der Waals surface area contributed by atoms with Crippen LogP contribution in [0.3, 0.4) is 0 Å². The lowest BCUT2D eigenvalue weighted by molar-refractivity contribution is -0.137. The van der Waals surface area contributed by atoms with Crippen LogP contribution in [0.5, 0.6) is 0 Å². The van der Waals surface area contributed by atoms with Crippen molar-refractivity contribution in [3.05, 3.63) is 93.2 Å². The van der Waals surface area contributed by atoms with Crippen molar-refractivity contribution in [2.75, 3.05) is 13.1 Å². The molecule has 0 bridgehead atoms. The van der Waals surface area contributed by atoms with Crippen molar-refractivity contribution in [3.8, 4) is 11.1 Å². The van der Waals surface area contributed by atoms with Crippen LogP contribution in [0.1, 0.15) is 51.3 Å².